The molecule has 0 saturated heterocycles. The molecule has 0 radical (unpaired) electrons. The largest absolute Gasteiger partial charge is 0.492 e. The van der Waals surface area contributed by atoms with Crippen molar-refractivity contribution < 1.29 is 14.1 Å². The topological polar surface area (TPSA) is 42.2 Å². The predicted molar refractivity (Wildman–Crippen MR) is 163 cm³/mol. The molecule has 1 aromatic heterocycles. The summed E-state index contributed by atoms with van der Waals surface area (Å²) in [6.45, 7) is 3.63. The van der Waals surface area contributed by atoms with Crippen LogP contribution in [0.5, 0.6) is 5.75 Å². The number of anilines is 1. The zero-order chi connectivity index (χ0) is 27.5. The minimum Gasteiger partial charge on any atom is -0.492 e. The summed E-state index contributed by atoms with van der Waals surface area (Å²) in [6, 6.07) is 19.5. The molecule has 2 aromatic carbocycles. The quantitative estimate of drug-likeness (QED) is 0.120. The number of amides is 1. The minimum absolute atomic E-state index is 0.0678. The van der Waals surface area contributed by atoms with E-state index in [2.05, 4.69) is 16.8 Å². The van der Waals surface area contributed by atoms with Crippen LogP contribution < -0.4 is 14.6 Å². The minimum atomic E-state index is -0.0678. The number of unbranched alkanes of at least 4 members (excludes halogenated alkanes) is 11. The van der Waals surface area contributed by atoms with Crippen molar-refractivity contribution in [2.75, 3.05) is 11.9 Å². The van der Waals surface area contributed by atoms with Crippen molar-refractivity contribution in [1.29, 1.82) is 0 Å². The average molecular weight is 550 g/mol. The van der Waals surface area contributed by atoms with Gasteiger partial charge in [0, 0.05) is 17.7 Å². The van der Waals surface area contributed by atoms with E-state index in [-0.39, 0.29) is 12.3 Å². The van der Waals surface area contributed by atoms with Gasteiger partial charge in [-0.1, -0.05) is 119 Å². The van der Waals surface area contributed by atoms with E-state index in [1.807, 2.05) is 73.1 Å². The second-order valence-corrected chi connectivity index (χ2v) is 10.8. The number of para-hydroxylation sites is 1. The van der Waals surface area contributed by atoms with Crippen molar-refractivity contribution in [3.8, 4) is 5.75 Å². The molecular formula is C34H46ClN2O2+. The lowest BCUT2D eigenvalue weighted by Crippen LogP contribution is -2.33. The zero-order valence-electron chi connectivity index (χ0n) is 23.7. The molecule has 5 heteroatoms. The van der Waals surface area contributed by atoms with Gasteiger partial charge in [0.2, 0.25) is 5.91 Å². The number of benzene rings is 2. The lowest BCUT2D eigenvalue weighted by atomic mass is 10.1. The average Bonchev–Trinajstić information content (AvgIpc) is 2.94. The van der Waals surface area contributed by atoms with Crippen molar-refractivity contribution in [2.24, 2.45) is 0 Å². The third-order valence-corrected chi connectivity index (χ3v) is 7.33. The third kappa shape index (κ3) is 12.3. The Bertz CT molecular complexity index is 1100. The number of carbonyl (C=O) groups is 1. The highest BCUT2D eigenvalue weighted by atomic mass is 35.5. The molecule has 3 aromatic rings. The number of aromatic nitrogens is 1. The van der Waals surface area contributed by atoms with Gasteiger partial charge in [0.05, 0.1) is 23.7 Å². The molecule has 0 fully saturated rings. The Morgan fingerprint density at radius 1 is 0.795 bits per heavy atom. The Labute approximate surface area is 240 Å². The van der Waals surface area contributed by atoms with E-state index in [0.29, 0.717) is 23.9 Å². The molecule has 39 heavy (non-hydrogen) atoms. The summed E-state index contributed by atoms with van der Waals surface area (Å²) in [4.78, 5) is 12.8. The highest BCUT2D eigenvalue weighted by Gasteiger charge is 2.12. The van der Waals surface area contributed by atoms with E-state index in [1.165, 1.54) is 70.6 Å². The predicted octanol–water partition coefficient (Wildman–Crippen LogP) is 8.94. The fourth-order valence-electron chi connectivity index (χ4n) is 4.79. The van der Waals surface area contributed by atoms with Gasteiger partial charge in [-0.15, -0.1) is 0 Å². The maximum Gasteiger partial charge on any atom is 0.228 e. The second kappa shape index (κ2) is 18.4. The smallest absolute Gasteiger partial charge is 0.228 e. The first-order chi connectivity index (χ1) is 19.2. The molecule has 210 valence electrons. The Kier molecular flexibility index (Phi) is 14.5. The lowest BCUT2D eigenvalue weighted by Gasteiger charge is -2.11. The highest BCUT2D eigenvalue weighted by Crippen LogP contribution is 2.26. The van der Waals surface area contributed by atoms with Crippen LogP contribution in [0.1, 0.15) is 95.1 Å². The number of hydrogen-bond donors (Lipinski definition) is 1. The maximum absolute atomic E-state index is 12.8. The molecule has 0 aliphatic carbocycles. The first kappa shape index (κ1) is 30.7. The van der Waals surface area contributed by atoms with E-state index < -0.39 is 0 Å². The Hall–Kier alpha value is -2.85. The number of carbonyl (C=O) groups excluding carboxylic acids is 1. The van der Waals surface area contributed by atoms with E-state index >= 15 is 0 Å². The Balaban J connectivity index is 1.33. The number of nitrogens with one attached hydrogen (secondary N) is 1. The van der Waals surface area contributed by atoms with Crippen LogP contribution in [0.4, 0.5) is 5.69 Å². The standard InChI is InChI=1S/C34H45ClN2O2/c1-2-3-4-5-6-7-8-9-10-11-12-18-25-39-33-22-21-29(26-31(33)35)27-34(38)36-32-20-15-14-19-30(32)28-37-23-16-13-17-24-37/h13-17,19-24,26H,2-12,18,25,27-28H2,1H3/p+1. The second-order valence-electron chi connectivity index (χ2n) is 10.4. The van der Waals surface area contributed by atoms with Gasteiger partial charge in [0.15, 0.2) is 18.9 Å². The fraction of sp³-hybridized carbons (Fsp3) is 0.471. The molecule has 0 aliphatic rings. The van der Waals surface area contributed by atoms with Gasteiger partial charge in [0.1, 0.15) is 5.75 Å². The Morgan fingerprint density at radius 3 is 2.10 bits per heavy atom. The maximum atomic E-state index is 12.8. The van der Waals surface area contributed by atoms with E-state index in [0.717, 1.165) is 23.2 Å². The number of hydrogen-bond acceptors (Lipinski definition) is 2. The molecule has 1 amide bonds. The van der Waals surface area contributed by atoms with Gasteiger partial charge in [-0.25, -0.2) is 4.57 Å². The van der Waals surface area contributed by atoms with Crippen molar-refractivity contribution in [3.05, 3.63) is 89.2 Å². The number of rotatable bonds is 19. The third-order valence-electron chi connectivity index (χ3n) is 7.04. The van der Waals surface area contributed by atoms with Gasteiger partial charge in [0.25, 0.3) is 0 Å². The molecule has 0 bridgehead atoms. The first-order valence-corrected chi connectivity index (χ1v) is 15.3. The van der Waals surface area contributed by atoms with Crippen molar-refractivity contribution >= 4 is 23.2 Å². The van der Waals surface area contributed by atoms with Crippen LogP contribution in [0.25, 0.3) is 0 Å². The fourth-order valence-corrected chi connectivity index (χ4v) is 5.05. The van der Waals surface area contributed by atoms with Crippen LogP contribution in [-0.2, 0) is 17.8 Å². The molecule has 1 heterocycles. The van der Waals surface area contributed by atoms with Crippen LogP contribution in [0, 0.1) is 0 Å². The first-order valence-electron chi connectivity index (χ1n) is 14.9. The van der Waals surface area contributed by atoms with Crippen molar-refractivity contribution in [2.45, 2.75) is 96.9 Å². The van der Waals surface area contributed by atoms with Gasteiger partial charge in [-0.05, 0) is 30.2 Å². The molecule has 3 rings (SSSR count). The van der Waals surface area contributed by atoms with Crippen LogP contribution in [0.3, 0.4) is 0 Å². The number of pyridine rings is 1. The van der Waals surface area contributed by atoms with Gasteiger partial charge < -0.3 is 10.1 Å². The molecule has 4 nitrogen and oxygen atoms in total. The number of nitrogens with zero attached hydrogens (tertiary/aromatic N) is 1. The summed E-state index contributed by atoms with van der Waals surface area (Å²) in [7, 11) is 0. The van der Waals surface area contributed by atoms with Gasteiger partial charge >= 0.3 is 0 Å². The highest BCUT2D eigenvalue weighted by molar-refractivity contribution is 6.32. The monoisotopic (exact) mass is 549 g/mol. The molecule has 1 N–H and O–H groups in total. The van der Waals surface area contributed by atoms with Crippen LogP contribution >= 0.6 is 11.6 Å². The number of ether oxygens (including phenoxy) is 1. The molecule has 0 saturated carbocycles. The summed E-state index contributed by atoms with van der Waals surface area (Å²) in [5.41, 5.74) is 2.75. The normalized spacial score (nSPS) is 10.9. The van der Waals surface area contributed by atoms with E-state index in [9.17, 15) is 4.79 Å². The lowest BCUT2D eigenvalue weighted by molar-refractivity contribution is -0.688. The number of halogens is 1. The van der Waals surface area contributed by atoms with Crippen molar-refractivity contribution in [1.82, 2.24) is 0 Å². The van der Waals surface area contributed by atoms with E-state index in [4.69, 9.17) is 16.3 Å². The van der Waals surface area contributed by atoms with E-state index in [1.54, 1.807) is 0 Å². The Morgan fingerprint density at radius 2 is 1.44 bits per heavy atom. The SMILES string of the molecule is CCCCCCCCCCCCCCOc1ccc(CC(=O)Nc2ccccc2C[n+]2ccccc2)cc1Cl. The molecular weight excluding hydrogens is 504 g/mol. The van der Waals surface area contributed by atoms with Crippen molar-refractivity contribution in [3.63, 3.8) is 0 Å². The molecule has 0 atom stereocenters. The summed E-state index contributed by atoms with van der Waals surface area (Å²) >= 11 is 6.48. The van der Waals surface area contributed by atoms with Crippen LogP contribution in [-0.4, -0.2) is 12.5 Å². The van der Waals surface area contributed by atoms with Crippen LogP contribution in [0.2, 0.25) is 5.02 Å². The zero-order valence-corrected chi connectivity index (χ0v) is 24.4. The molecule has 0 unspecified atom stereocenters. The summed E-state index contributed by atoms with van der Waals surface area (Å²) in [5.74, 6) is 0.621. The summed E-state index contributed by atoms with van der Waals surface area (Å²) in [6.07, 6.45) is 20.2. The molecule has 0 aliphatic heterocycles. The summed E-state index contributed by atoms with van der Waals surface area (Å²) < 4.78 is 8.01. The van der Waals surface area contributed by atoms with Crippen LogP contribution in [0.15, 0.2) is 73.1 Å². The molecule has 0 spiro atoms. The summed E-state index contributed by atoms with van der Waals surface area (Å²) in [5, 5.41) is 3.62. The van der Waals surface area contributed by atoms with Gasteiger partial charge in [-0.3, -0.25) is 4.79 Å². The van der Waals surface area contributed by atoms with Gasteiger partial charge in [-0.2, -0.15) is 0 Å².